The summed E-state index contributed by atoms with van der Waals surface area (Å²) in [6.45, 7) is 4.26. The van der Waals surface area contributed by atoms with E-state index in [-0.39, 0.29) is 5.82 Å². The van der Waals surface area contributed by atoms with Crippen molar-refractivity contribution < 1.29 is 13.2 Å². The second kappa shape index (κ2) is 7.94. The van der Waals surface area contributed by atoms with Crippen LogP contribution in [0.15, 0.2) is 71.5 Å². The van der Waals surface area contributed by atoms with Gasteiger partial charge in [-0.05, 0) is 56.5 Å². The van der Waals surface area contributed by atoms with Crippen LogP contribution in [-0.4, -0.2) is 9.97 Å². The summed E-state index contributed by atoms with van der Waals surface area (Å²) in [5, 5.41) is 4.24. The maximum absolute atomic E-state index is 13.2. The molecule has 4 rings (SSSR count). The van der Waals surface area contributed by atoms with Crippen molar-refractivity contribution in [1.82, 2.24) is 9.97 Å². The fraction of sp³-hybridized carbons (Fsp3) is 0.250. The number of benzene rings is 2. The van der Waals surface area contributed by atoms with Gasteiger partial charge in [-0.15, -0.1) is 0 Å². The monoisotopic (exact) mass is 409 g/mol. The van der Waals surface area contributed by atoms with E-state index in [4.69, 9.17) is 0 Å². The van der Waals surface area contributed by atoms with Crippen molar-refractivity contribution in [2.24, 2.45) is 0 Å². The number of rotatable bonds is 4. The highest BCUT2D eigenvalue weighted by Gasteiger charge is 2.30. The largest absolute Gasteiger partial charge is 0.416 e. The van der Waals surface area contributed by atoms with Crippen LogP contribution in [0.4, 0.5) is 19.0 Å². The van der Waals surface area contributed by atoms with E-state index in [1.165, 1.54) is 17.2 Å². The van der Waals surface area contributed by atoms with Gasteiger partial charge in [-0.25, -0.2) is 9.97 Å². The number of fused-ring (bicyclic) bond motifs is 1. The number of anilines is 1. The standard InChI is InChI=1S/C24H22F3N3/c1-3-16-11-12-19(13-15(16)2)28-23-20-9-4-5-10-21(20)29-22(30-23)17-7-6-8-18(14-17)24(25,26)27/h4-10,13-14H,3,11-12H2,1-2H3,(H,28,29,30). The second-order valence-electron chi connectivity index (χ2n) is 7.43. The van der Waals surface area contributed by atoms with E-state index in [1.54, 1.807) is 6.07 Å². The predicted octanol–water partition coefficient (Wildman–Crippen LogP) is 7.13. The van der Waals surface area contributed by atoms with Crippen LogP contribution in [0.5, 0.6) is 0 Å². The van der Waals surface area contributed by atoms with Crippen molar-refractivity contribution in [3.63, 3.8) is 0 Å². The number of para-hydroxylation sites is 1. The van der Waals surface area contributed by atoms with Crippen molar-refractivity contribution in [3.8, 4) is 11.4 Å². The number of hydrogen-bond donors (Lipinski definition) is 1. The molecule has 6 heteroatoms. The molecule has 0 atom stereocenters. The fourth-order valence-corrected chi connectivity index (χ4v) is 3.76. The second-order valence-corrected chi connectivity index (χ2v) is 7.43. The molecule has 1 N–H and O–H groups in total. The SMILES string of the molecule is CCC1=C(C)C=C(Nc2nc(-c3cccc(C(F)(F)F)c3)nc3ccccc23)CC1. The molecule has 3 aromatic rings. The van der Waals surface area contributed by atoms with Gasteiger partial charge >= 0.3 is 6.18 Å². The third-order valence-corrected chi connectivity index (χ3v) is 5.40. The highest BCUT2D eigenvalue weighted by molar-refractivity contribution is 5.91. The zero-order chi connectivity index (χ0) is 21.3. The Kier molecular flexibility index (Phi) is 5.33. The Balaban J connectivity index is 1.79. The molecule has 0 saturated carbocycles. The van der Waals surface area contributed by atoms with Crippen molar-refractivity contribution in [2.75, 3.05) is 5.32 Å². The van der Waals surface area contributed by atoms with Gasteiger partial charge in [-0.1, -0.05) is 42.3 Å². The zero-order valence-electron chi connectivity index (χ0n) is 16.8. The fourth-order valence-electron chi connectivity index (χ4n) is 3.76. The average Bonchev–Trinajstić information content (AvgIpc) is 2.73. The zero-order valence-corrected chi connectivity index (χ0v) is 16.8. The lowest BCUT2D eigenvalue weighted by Gasteiger charge is -2.19. The van der Waals surface area contributed by atoms with Gasteiger partial charge in [0.1, 0.15) is 5.82 Å². The Morgan fingerprint density at radius 1 is 1.00 bits per heavy atom. The van der Waals surface area contributed by atoms with Crippen LogP contribution >= 0.6 is 0 Å². The third kappa shape index (κ3) is 4.08. The number of aromatic nitrogens is 2. The Morgan fingerprint density at radius 3 is 2.53 bits per heavy atom. The number of alkyl halides is 3. The van der Waals surface area contributed by atoms with E-state index >= 15 is 0 Å². The van der Waals surface area contributed by atoms with Crippen LogP contribution in [0.2, 0.25) is 0 Å². The first kappa shape index (κ1) is 20.1. The quantitative estimate of drug-likeness (QED) is 0.498. The molecule has 0 radical (unpaired) electrons. The molecule has 3 nitrogen and oxygen atoms in total. The summed E-state index contributed by atoms with van der Waals surface area (Å²) in [6.07, 6.45) is 0.610. The molecular weight excluding hydrogens is 387 g/mol. The molecule has 0 fully saturated rings. The Hall–Kier alpha value is -3.15. The van der Waals surface area contributed by atoms with Crippen LogP contribution in [0, 0.1) is 0 Å². The normalized spacial score (nSPS) is 14.8. The van der Waals surface area contributed by atoms with Crippen LogP contribution in [-0.2, 0) is 6.18 Å². The predicted molar refractivity (Wildman–Crippen MR) is 114 cm³/mol. The molecule has 1 aliphatic rings. The third-order valence-electron chi connectivity index (χ3n) is 5.40. The summed E-state index contributed by atoms with van der Waals surface area (Å²) in [6, 6.07) is 12.6. The lowest BCUT2D eigenvalue weighted by molar-refractivity contribution is -0.137. The van der Waals surface area contributed by atoms with E-state index in [9.17, 15) is 13.2 Å². The first-order valence-corrected chi connectivity index (χ1v) is 9.96. The minimum Gasteiger partial charge on any atom is -0.343 e. The Labute approximate surface area is 173 Å². The van der Waals surface area contributed by atoms with Crippen molar-refractivity contribution >= 4 is 16.7 Å². The molecule has 30 heavy (non-hydrogen) atoms. The van der Waals surface area contributed by atoms with Gasteiger partial charge in [0, 0.05) is 16.6 Å². The first-order valence-electron chi connectivity index (χ1n) is 9.96. The van der Waals surface area contributed by atoms with Crippen LogP contribution in [0.3, 0.4) is 0 Å². The lowest BCUT2D eigenvalue weighted by Crippen LogP contribution is -2.08. The number of nitrogens with zero attached hydrogens (tertiary/aromatic N) is 2. The summed E-state index contributed by atoms with van der Waals surface area (Å²) < 4.78 is 39.5. The maximum atomic E-state index is 13.2. The van der Waals surface area contributed by atoms with Crippen LogP contribution in [0.1, 0.15) is 38.7 Å². The molecule has 1 heterocycles. The highest BCUT2D eigenvalue weighted by Crippen LogP contribution is 2.33. The van der Waals surface area contributed by atoms with Gasteiger partial charge < -0.3 is 5.32 Å². The van der Waals surface area contributed by atoms with Crippen molar-refractivity contribution in [1.29, 1.82) is 0 Å². The van der Waals surface area contributed by atoms with E-state index in [1.807, 2.05) is 24.3 Å². The van der Waals surface area contributed by atoms with Gasteiger partial charge in [-0.3, -0.25) is 0 Å². The molecule has 1 aromatic heterocycles. The number of nitrogens with one attached hydrogen (secondary N) is 1. The van der Waals surface area contributed by atoms with E-state index in [0.29, 0.717) is 16.9 Å². The molecule has 0 amide bonds. The van der Waals surface area contributed by atoms with Gasteiger partial charge in [0.2, 0.25) is 0 Å². The topological polar surface area (TPSA) is 37.8 Å². The summed E-state index contributed by atoms with van der Waals surface area (Å²) in [4.78, 5) is 9.12. The average molecular weight is 409 g/mol. The van der Waals surface area contributed by atoms with Crippen molar-refractivity contribution in [3.05, 3.63) is 77.0 Å². The Bertz CT molecular complexity index is 1160. The van der Waals surface area contributed by atoms with E-state index in [0.717, 1.165) is 42.5 Å². The molecule has 0 saturated heterocycles. The smallest absolute Gasteiger partial charge is 0.343 e. The highest BCUT2D eigenvalue weighted by atomic mass is 19.4. The summed E-state index contributed by atoms with van der Waals surface area (Å²) >= 11 is 0. The molecule has 2 aromatic carbocycles. The van der Waals surface area contributed by atoms with Gasteiger partial charge in [0.25, 0.3) is 0 Å². The van der Waals surface area contributed by atoms with Crippen molar-refractivity contribution in [2.45, 2.75) is 39.3 Å². The number of hydrogen-bond acceptors (Lipinski definition) is 3. The van der Waals surface area contributed by atoms with Gasteiger partial charge in [0.15, 0.2) is 5.82 Å². The number of halogens is 3. The Morgan fingerprint density at radius 2 is 1.80 bits per heavy atom. The number of allylic oxidation sites excluding steroid dienone is 4. The molecule has 0 spiro atoms. The molecule has 154 valence electrons. The van der Waals surface area contributed by atoms with Crippen LogP contribution in [0.25, 0.3) is 22.3 Å². The van der Waals surface area contributed by atoms with Crippen LogP contribution < -0.4 is 5.32 Å². The molecule has 0 aliphatic heterocycles. The van der Waals surface area contributed by atoms with E-state index < -0.39 is 11.7 Å². The molecule has 1 aliphatic carbocycles. The molecular formula is C24H22F3N3. The molecule has 0 bridgehead atoms. The van der Waals surface area contributed by atoms with Gasteiger partial charge in [0.05, 0.1) is 11.1 Å². The first-order chi connectivity index (χ1) is 14.3. The van der Waals surface area contributed by atoms with Gasteiger partial charge in [-0.2, -0.15) is 13.2 Å². The maximum Gasteiger partial charge on any atom is 0.416 e. The lowest BCUT2D eigenvalue weighted by atomic mass is 9.94. The summed E-state index contributed by atoms with van der Waals surface area (Å²) in [7, 11) is 0. The molecule has 0 unspecified atom stereocenters. The minimum absolute atomic E-state index is 0.264. The minimum atomic E-state index is -4.41. The summed E-state index contributed by atoms with van der Waals surface area (Å²) in [5.41, 5.74) is 4.04. The van der Waals surface area contributed by atoms with E-state index in [2.05, 4.69) is 35.2 Å². The summed E-state index contributed by atoms with van der Waals surface area (Å²) in [5.74, 6) is 0.868.